The smallest absolute Gasteiger partial charge is 0.248 e. The van der Waals surface area contributed by atoms with Crippen molar-refractivity contribution in [3.63, 3.8) is 0 Å². The van der Waals surface area contributed by atoms with Crippen molar-refractivity contribution in [1.29, 1.82) is 0 Å². The summed E-state index contributed by atoms with van der Waals surface area (Å²) in [6.07, 6.45) is 4.78. The van der Waals surface area contributed by atoms with E-state index in [2.05, 4.69) is 10.0 Å². The van der Waals surface area contributed by atoms with Crippen molar-refractivity contribution in [2.45, 2.75) is 23.8 Å². The van der Waals surface area contributed by atoms with Gasteiger partial charge in [0.25, 0.3) is 0 Å². The van der Waals surface area contributed by atoms with E-state index in [0.717, 1.165) is 27.8 Å². The van der Waals surface area contributed by atoms with Gasteiger partial charge in [-0.2, -0.15) is 0 Å². The summed E-state index contributed by atoms with van der Waals surface area (Å²) in [6.45, 7) is 0. The van der Waals surface area contributed by atoms with Gasteiger partial charge in [0.2, 0.25) is 15.9 Å². The van der Waals surface area contributed by atoms with Crippen LogP contribution in [0, 0.1) is 0 Å². The lowest BCUT2D eigenvalue weighted by Crippen LogP contribution is -2.25. The SMILES string of the molecule is O=C(/C=C/c1sc2ccccc2c1Cl)Nc1cccc(S(=O)(=O)NC2CC2)c1. The molecule has 4 rings (SSSR count). The highest BCUT2D eigenvalue weighted by Gasteiger charge is 2.28. The van der Waals surface area contributed by atoms with Gasteiger partial charge in [0, 0.05) is 32.8 Å². The molecule has 1 aromatic heterocycles. The number of carbonyl (C=O) groups excluding carboxylic acids is 1. The normalized spacial score (nSPS) is 14.6. The number of halogens is 1. The van der Waals surface area contributed by atoms with Crippen LogP contribution in [0.15, 0.2) is 59.5 Å². The molecular formula is C20H17ClN2O3S2. The molecule has 5 nitrogen and oxygen atoms in total. The number of benzene rings is 2. The Morgan fingerprint density at radius 2 is 1.93 bits per heavy atom. The van der Waals surface area contributed by atoms with Crippen molar-refractivity contribution in [2.24, 2.45) is 0 Å². The minimum absolute atomic E-state index is 0.0252. The van der Waals surface area contributed by atoms with E-state index in [4.69, 9.17) is 11.6 Å². The first-order chi connectivity index (χ1) is 13.4. The molecule has 0 atom stereocenters. The standard InChI is InChI=1S/C20H17ClN2O3S2/c21-20-16-6-1-2-7-17(16)27-18(20)10-11-19(24)22-14-4-3-5-15(12-14)28(25,26)23-13-8-9-13/h1-7,10-13,23H,8-9H2,(H,22,24)/b11-10+. The number of hydrogen-bond donors (Lipinski definition) is 2. The van der Waals surface area contributed by atoms with E-state index in [1.807, 2.05) is 24.3 Å². The molecule has 1 saturated carbocycles. The molecule has 1 aliphatic rings. The topological polar surface area (TPSA) is 75.3 Å². The van der Waals surface area contributed by atoms with Crippen LogP contribution < -0.4 is 10.0 Å². The zero-order valence-electron chi connectivity index (χ0n) is 14.7. The van der Waals surface area contributed by atoms with Gasteiger partial charge in [0.15, 0.2) is 0 Å². The summed E-state index contributed by atoms with van der Waals surface area (Å²) in [5.74, 6) is -0.363. The van der Waals surface area contributed by atoms with Crippen LogP contribution in [0.1, 0.15) is 17.7 Å². The van der Waals surface area contributed by atoms with Gasteiger partial charge >= 0.3 is 0 Å². The number of sulfonamides is 1. The summed E-state index contributed by atoms with van der Waals surface area (Å²) < 4.78 is 28.3. The van der Waals surface area contributed by atoms with Crippen LogP contribution in [0.5, 0.6) is 0 Å². The van der Waals surface area contributed by atoms with Gasteiger partial charge in [-0.3, -0.25) is 4.79 Å². The van der Waals surface area contributed by atoms with Crippen molar-refractivity contribution in [3.05, 3.63) is 64.5 Å². The Hall–Kier alpha value is -2.19. The van der Waals surface area contributed by atoms with E-state index in [1.54, 1.807) is 18.2 Å². The molecule has 8 heteroatoms. The number of hydrogen-bond acceptors (Lipinski definition) is 4. The van der Waals surface area contributed by atoms with Crippen LogP contribution in [0.25, 0.3) is 16.2 Å². The largest absolute Gasteiger partial charge is 0.322 e. The second-order valence-electron chi connectivity index (χ2n) is 6.52. The highest BCUT2D eigenvalue weighted by atomic mass is 35.5. The fourth-order valence-corrected chi connectivity index (χ4v) is 5.45. The maximum atomic E-state index is 12.3. The average molecular weight is 433 g/mol. The zero-order valence-corrected chi connectivity index (χ0v) is 17.1. The van der Waals surface area contributed by atoms with E-state index in [0.29, 0.717) is 10.7 Å². The molecule has 1 amide bonds. The number of carbonyl (C=O) groups is 1. The van der Waals surface area contributed by atoms with Gasteiger partial charge < -0.3 is 5.32 Å². The Labute approximate surface area is 172 Å². The molecule has 1 heterocycles. The molecule has 0 radical (unpaired) electrons. The van der Waals surface area contributed by atoms with Gasteiger partial charge in [-0.05, 0) is 43.2 Å². The molecule has 2 N–H and O–H groups in total. The fourth-order valence-electron chi connectivity index (χ4n) is 2.71. The van der Waals surface area contributed by atoms with Gasteiger partial charge in [-0.1, -0.05) is 35.9 Å². The Bertz CT molecular complexity index is 1180. The van der Waals surface area contributed by atoms with Gasteiger partial charge in [0.05, 0.1) is 9.92 Å². The Morgan fingerprint density at radius 3 is 2.68 bits per heavy atom. The van der Waals surface area contributed by atoms with E-state index < -0.39 is 10.0 Å². The first-order valence-electron chi connectivity index (χ1n) is 8.71. The lowest BCUT2D eigenvalue weighted by Gasteiger charge is -2.08. The lowest BCUT2D eigenvalue weighted by atomic mass is 10.2. The summed E-state index contributed by atoms with van der Waals surface area (Å²) in [6, 6.07) is 14.0. The molecule has 1 aliphatic carbocycles. The predicted molar refractivity (Wildman–Crippen MR) is 114 cm³/mol. The first-order valence-corrected chi connectivity index (χ1v) is 11.4. The minimum atomic E-state index is -3.57. The number of nitrogens with one attached hydrogen (secondary N) is 2. The second-order valence-corrected chi connectivity index (χ2v) is 9.70. The van der Waals surface area contributed by atoms with Gasteiger partial charge in [-0.25, -0.2) is 13.1 Å². The van der Waals surface area contributed by atoms with Gasteiger partial charge in [0.1, 0.15) is 0 Å². The highest BCUT2D eigenvalue weighted by Crippen LogP contribution is 2.35. The van der Waals surface area contributed by atoms with Crippen LogP contribution in [0.3, 0.4) is 0 Å². The van der Waals surface area contributed by atoms with Crippen LogP contribution >= 0.6 is 22.9 Å². The number of thiophene rings is 1. The van der Waals surface area contributed by atoms with Crippen molar-refractivity contribution in [2.75, 3.05) is 5.32 Å². The van der Waals surface area contributed by atoms with Gasteiger partial charge in [-0.15, -0.1) is 11.3 Å². The molecule has 2 aromatic carbocycles. The third-order valence-corrected chi connectivity index (χ3v) is 7.43. The summed E-state index contributed by atoms with van der Waals surface area (Å²) in [5.41, 5.74) is 0.413. The average Bonchev–Trinajstić information content (AvgIpc) is 3.42. The van der Waals surface area contributed by atoms with E-state index in [9.17, 15) is 13.2 Å². The summed E-state index contributed by atoms with van der Waals surface area (Å²) in [4.78, 5) is 13.2. The Morgan fingerprint density at radius 1 is 1.14 bits per heavy atom. The highest BCUT2D eigenvalue weighted by molar-refractivity contribution is 7.89. The van der Waals surface area contributed by atoms with Crippen molar-refractivity contribution in [3.8, 4) is 0 Å². The molecule has 3 aromatic rings. The molecule has 28 heavy (non-hydrogen) atoms. The van der Waals surface area contributed by atoms with Crippen molar-refractivity contribution < 1.29 is 13.2 Å². The monoisotopic (exact) mass is 432 g/mol. The summed E-state index contributed by atoms with van der Waals surface area (Å²) in [7, 11) is -3.57. The number of anilines is 1. The quantitative estimate of drug-likeness (QED) is 0.557. The molecule has 0 saturated heterocycles. The fraction of sp³-hybridized carbons (Fsp3) is 0.150. The molecule has 0 aliphatic heterocycles. The maximum Gasteiger partial charge on any atom is 0.248 e. The third kappa shape index (κ3) is 4.28. The van der Waals surface area contributed by atoms with Crippen LogP contribution in [-0.2, 0) is 14.8 Å². The van der Waals surface area contributed by atoms with Crippen LogP contribution in [0.4, 0.5) is 5.69 Å². The maximum absolute atomic E-state index is 12.3. The molecule has 0 bridgehead atoms. The van der Waals surface area contributed by atoms with E-state index in [-0.39, 0.29) is 16.8 Å². The summed E-state index contributed by atoms with van der Waals surface area (Å²) >= 11 is 7.88. The van der Waals surface area contributed by atoms with Crippen molar-refractivity contribution in [1.82, 2.24) is 4.72 Å². The summed E-state index contributed by atoms with van der Waals surface area (Å²) in [5, 5.41) is 4.26. The number of amides is 1. The van der Waals surface area contributed by atoms with Crippen molar-refractivity contribution >= 4 is 60.7 Å². The number of rotatable bonds is 6. The number of fused-ring (bicyclic) bond motifs is 1. The lowest BCUT2D eigenvalue weighted by molar-refractivity contribution is -0.111. The first kappa shape index (κ1) is 19.1. The van der Waals surface area contributed by atoms with E-state index >= 15 is 0 Å². The van der Waals surface area contributed by atoms with E-state index in [1.165, 1.54) is 29.5 Å². The molecule has 0 unspecified atom stereocenters. The third-order valence-electron chi connectivity index (χ3n) is 4.26. The minimum Gasteiger partial charge on any atom is -0.322 e. The Kier molecular flexibility index (Phi) is 5.25. The molecule has 144 valence electrons. The zero-order chi connectivity index (χ0) is 19.7. The molecule has 1 fully saturated rings. The molecular weight excluding hydrogens is 416 g/mol. The molecule has 0 spiro atoms. The predicted octanol–water partition coefficient (Wildman–Crippen LogP) is 4.65. The van der Waals surface area contributed by atoms with Crippen LogP contribution in [0.2, 0.25) is 5.02 Å². The second kappa shape index (κ2) is 7.67. The Balaban J connectivity index is 1.48. The van der Waals surface area contributed by atoms with Crippen LogP contribution in [-0.4, -0.2) is 20.4 Å².